The van der Waals surface area contributed by atoms with Crippen LogP contribution in [0.1, 0.15) is 101 Å². The molecule has 2 aromatic carbocycles. The van der Waals surface area contributed by atoms with Crippen LogP contribution in [0.4, 0.5) is 11.4 Å². The van der Waals surface area contributed by atoms with Crippen molar-refractivity contribution in [2.45, 2.75) is 95.3 Å². The van der Waals surface area contributed by atoms with Gasteiger partial charge in [-0.05, 0) is 108 Å². The maximum absolute atomic E-state index is 10.2. The predicted octanol–water partition coefficient (Wildman–Crippen LogP) is 8.37. The van der Waals surface area contributed by atoms with E-state index in [9.17, 15) is 5.26 Å². The molecule has 2 N–H and O–H groups in total. The first-order valence-corrected chi connectivity index (χ1v) is 17.8. The molecule has 0 radical (unpaired) electrons. The quantitative estimate of drug-likeness (QED) is 0.208. The Bertz CT molecular complexity index is 1780. The number of hydrogen-bond acceptors (Lipinski definition) is 7. The number of rotatable bonds is 7. The lowest BCUT2D eigenvalue weighted by atomic mass is 9.53. The molecule has 2 aromatic heterocycles. The second-order valence-electron chi connectivity index (χ2n) is 15.8. The summed E-state index contributed by atoms with van der Waals surface area (Å²) in [5.41, 5.74) is 5.19. The molecule has 8 nitrogen and oxygen atoms in total. The summed E-state index contributed by atoms with van der Waals surface area (Å²) in [6, 6.07) is 16.8. The average Bonchev–Trinajstić information content (AvgIpc) is 3.53. The lowest BCUT2D eigenvalue weighted by Crippen LogP contribution is -2.54. The summed E-state index contributed by atoms with van der Waals surface area (Å²) >= 11 is 6.88. The van der Waals surface area contributed by atoms with Gasteiger partial charge in [0.25, 0.3) is 0 Å². The minimum absolute atomic E-state index is 0.0403. The Morgan fingerprint density at radius 3 is 2.32 bits per heavy atom. The molecule has 9 rings (SSSR count). The third-order valence-electron chi connectivity index (χ3n) is 11.5. The first kappa shape index (κ1) is 30.7. The highest BCUT2D eigenvalue weighted by molar-refractivity contribution is 6.32. The Kier molecular flexibility index (Phi) is 7.69. The maximum Gasteiger partial charge on any atom is 0.109 e. The van der Waals surface area contributed by atoms with E-state index in [0.29, 0.717) is 16.6 Å². The minimum atomic E-state index is -0.265. The van der Waals surface area contributed by atoms with E-state index in [1.807, 2.05) is 18.2 Å². The number of benzene rings is 2. The SMILES string of the molecule is CC(C)(C)N1CCC(n2cc([C@@H](Nc3cc(Cl)cc4c(NC56CC7CC(CC(C7)C5)C6)c(C#N)cnc34)c3ccccc3)nn2)CC1. The van der Waals surface area contributed by atoms with E-state index in [4.69, 9.17) is 21.7 Å². The molecule has 0 spiro atoms. The number of likely N-dealkylation sites (tertiary alicyclic amines) is 1. The van der Waals surface area contributed by atoms with Crippen LogP contribution in [0.3, 0.4) is 0 Å². The van der Waals surface area contributed by atoms with Crippen LogP contribution in [0.25, 0.3) is 10.9 Å². The van der Waals surface area contributed by atoms with E-state index in [1.165, 1.54) is 38.5 Å². The molecule has 4 bridgehead atoms. The molecule has 244 valence electrons. The second-order valence-corrected chi connectivity index (χ2v) is 16.3. The van der Waals surface area contributed by atoms with Crippen LogP contribution in [0.2, 0.25) is 5.02 Å². The van der Waals surface area contributed by atoms with Crippen molar-refractivity contribution in [3.05, 3.63) is 76.7 Å². The molecule has 1 atom stereocenters. The Hall–Kier alpha value is -3.67. The van der Waals surface area contributed by atoms with Crippen molar-refractivity contribution < 1.29 is 0 Å². The molecule has 47 heavy (non-hydrogen) atoms. The molecule has 0 unspecified atom stereocenters. The number of anilines is 2. The molecular formula is C38H45ClN8. The van der Waals surface area contributed by atoms with Crippen molar-refractivity contribution in [1.82, 2.24) is 24.9 Å². The third kappa shape index (κ3) is 5.87. The topological polar surface area (TPSA) is 94.7 Å². The Balaban J connectivity index is 1.13. The van der Waals surface area contributed by atoms with Crippen molar-refractivity contribution in [2.75, 3.05) is 23.7 Å². The zero-order valence-electron chi connectivity index (χ0n) is 27.7. The number of hydrogen-bond donors (Lipinski definition) is 2. The van der Waals surface area contributed by atoms with Gasteiger partial charge in [-0.15, -0.1) is 5.10 Å². The van der Waals surface area contributed by atoms with Gasteiger partial charge in [0.05, 0.1) is 40.7 Å². The number of pyridine rings is 1. The van der Waals surface area contributed by atoms with E-state index in [2.05, 4.69) is 82.7 Å². The molecule has 4 aromatic rings. The molecule has 9 heteroatoms. The lowest BCUT2D eigenvalue weighted by Gasteiger charge is -2.57. The smallest absolute Gasteiger partial charge is 0.109 e. The highest BCUT2D eigenvalue weighted by atomic mass is 35.5. The number of aromatic nitrogens is 4. The predicted molar refractivity (Wildman–Crippen MR) is 188 cm³/mol. The van der Waals surface area contributed by atoms with Gasteiger partial charge in [-0.3, -0.25) is 9.88 Å². The van der Waals surface area contributed by atoms with Crippen LogP contribution in [0, 0.1) is 29.1 Å². The number of halogens is 1. The first-order valence-electron chi connectivity index (χ1n) is 17.5. The van der Waals surface area contributed by atoms with Crippen molar-refractivity contribution in [2.24, 2.45) is 17.8 Å². The number of nitriles is 1. The molecule has 4 aliphatic carbocycles. The monoisotopic (exact) mass is 648 g/mol. The Labute approximate surface area is 282 Å². The number of fused-ring (bicyclic) bond motifs is 1. The zero-order chi connectivity index (χ0) is 32.3. The van der Waals surface area contributed by atoms with E-state index in [-0.39, 0.29) is 17.1 Å². The lowest BCUT2D eigenvalue weighted by molar-refractivity contribution is 0.0107. The van der Waals surface area contributed by atoms with Crippen LogP contribution in [0.5, 0.6) is 0 Å². The average molecular weight is 649 g/mol. The molecule has 5 fully saturated rings. The molecule has 3 heterocycles. The van der Waals surface area contributed by atoms with Gasteiger partial charge in [-0.1, -0.05) is 47.1 Å². The third-order valence-corrected chi connectivity index (χ3v) is 11.7. The largest absolute Gasteiger partial charge is 0.378 e. The van der Waals surface area contributed by atoms with Crippen molar-refractivity contribution in [3.63, 3.8) is 0 Å². The summed E-state index contributed by atoms with van der Waals surface area (Å²) in [5.74, 6) is 2.37. The number of piperidine rings is 1. The number of nitrogens with zero attached hydrogens (tertiary/aromatic N) is 6. The summed E-state index contributed by atoms with van der Waals surface area (Å²) in [4.78, 5) is 7.42. The molecular weight excluding hydrogens is 604 g/mol. The normalized spacial score (nSPS) is 26.7. The van der Waals surface area contributed by atoms with E-state index in [0.717, 1.165) is 77.2 Å². The van der Waals surface area contributed by atoms with Crippen LogP contribution in [0.15, 0.2) is 54.9 Å². The van der Waals surface area contributed by atoms with Crippen LogP contribution >= 0.6 is 11.6 Å². The van der Waals surface area contributed by atoms with Gasteiger partial charge >= 0.3 is 0 Å². The fourth-order valence-electron chi connectivity index (χ4n) is 9.66. The summed E-state index contributed by atoms with van der Waals surface area (Å²) in [5, 5.41) is 28.9. The fourth-order valence-corrected chi connectivity index (χ4v) is 9.88. The van der Waals surface area contributed by atoms with Crippen LogP contribution < -0.4 is 10.6 Å². The van der Waals surface area contributed by atoms with Crippen molar-refractivity contribution >= 4 is 33.9 Å². The van der Waals surface area contributed by atoms with Crippen LogP contribution in [-0.4, -0.2) is 49.0 Å². The summed E-state index contributed by atoms with van der Waals surface area (Å²) in [7, 11) is 0. The van der Waals surface area contributed by atoms with Gasteiger partial charge in [0.2, 0.25) is 0 Å². The van der Waals surface area contributed by atoms with Gasteiger partial charge in [-0.2, -0.15) is 5.26 Å². The summed E-state index contributed by atoms with van der Waals surface area (Å²) < 4.78 is 2.06. The van der Waals surface area contributed by atoms with E-state index >= 15 is 0 Å². The minimum Gasteiger partial charge on any atom is -0.378 e. The van der Waals surface area contributed by atoms with Crippen molar-refractivity contribution in [1.29, 1.82) is 5.26 Å². The summed E-state index contributed by atoms with van der Waals surface area (Å²) in [6.07, 6.45) is 13.6. The Morgan fingerprint density at radius 2 is 1.68 bits per heavy atom. The van der Waals surface area contributed by atoms with Gasteiger partial charge in [0.15, 0.2) is 0 Å². The van der Waals surface area contributed by atoms with E-state index < -0.39 is 0 Å². The fraction of sp³-hybridized carbons (Fsp3) is 0.526. The first-order chi connectivity index (χ1) is 22.7. The maximum atomic E-state index is 10.2. The molecule has 0 amide bonds. The van der Waals surface area contributed by atoms with Gasteiger partial charge in [-0.25, -0.2) is 4.68 Å². The van der Waals surface area contributed by atoms with Crippen molar-refractivity contribution in [3.8, 4) is 6.07 Å². The summed E-state index contributed by atoms with van der Waals surface area (Å²) in [6.45, 7) is 8.96. The van der Waals surface area contributed by atoms with Gasteiger partial charge in [0.1, 0.15) is 11.8 Å². The highest BCUT2D eigenvalue weighted by Gasteiger charge is 2.51. The molecule has 5 aliphatic rings. The Morgan fingerprint density at radius 1 is 1.00 bits per heavy atom. The standard InChI is InChI=1S/C38H45ClN8/c1-37(2,3)46-11-9-30(10-12-46)47-23-33(44-45-47)35(27-7-5-4-6-8-27)42-32-17-29(39)16-31-34(28(21-40)22-41-36(31)32)43-38-18-24-13-25(19-38)15-26(14-24)20-38/h4-8,16-17,22-26,30,35,42H,9-15,18-20H2,1-3H3,(H,41,43)/t24?,25?,26?,35-,38?/m0/s1. The second kappa shape index (κ2) is 11.8. The molecule has 1 aliphatic heterocycles. The zero-order valence-corrected chi connectivity index (χ0v) is 28.5. The van der Waals surface area contributed by atoms with Gasteiger partial charge in [0, 0.05) is 40.8 Å². The highest BCUT2D eigenvalue weighted by Crippen LogP contribution is 2.57. The molecule has 1 saturated heterocycles. The number of nitrogens with one attached hydrogen (secondary N) is 2. The van der Waals surface area contributed by atoms with E-state index in [1.54, 1.807) is 6.20 Å². The van der Waals surface area contributed by atoms with Crippen LogP contribution in [-0.2, 0) is 0 Å². The molecule has 4 saturated carbocycles. The van der Waals surface area contributed by atoms with Gasteiger partial charge < -0.3 is 10.6 Å².